The zero-order valence-corrected chi connectivity index (χ0v) is 14.9. The van der Waals surface area contributed by atoms with E-state index in [0.29, 0.717) is 18.7 Å². The van der Waals surface area contributed by atoms with Crippen molar-refractivity contribution < 1.29 is 4.79 Å². The lowest BCUT2D eigenvalue weighted by Gasteiger charge is -2.16. The van der Waals surface area contributed by atoms with Crippen molar-refractivity contribution in [1.29, 1.82) is 0 Å². The molecule has 2 N–H and O–H groups in total. The predicted molar refractivity (Wildman–Crippen MR) is 100 cm³/mol. The van der Waals surface area contributed by atoms with Crippen LogP contribution in [0.2, 0.25) is 0 Å². The van der Waals surface area contributed by atoms with Crippen LogP contribution in [-0.2, 0) is 0 Å². The molecule has 0 atom stereocenters. The Labute approximate surface area is 148 Å². The van der Waals surface area contributed by atoms with E-state index in [4.69, 9.17) is 0 Å². The van der Waals surface area contributed by atoms with Gasteiger partial charge >= 0.3 is 0 Å². The van der Waals surface area contributed by atoms with Gasteiger partial charge in [0.2, 0.25) is 0 Å². The number of aryl methyl sites for hydroxylation is 2. The molecule has 0 unspecified atom stereocenters. The van der Waals surface area contributed by atoms with Crippen LogP contribution in [0.3, 0.4) is 0 Å². The number of hydrogen-bond acceptors (Lipinski definition) is 5. The van der Waals surface area contributed by atoms with Gasteiger partial charge in [-0.2, -0.15) is 0 Å². The minimum absolute atomic E-state index is 0.0472. The maximum atomic E-state index is 12.2. The number of nitrogens with zero attached hydrogens (tertiary/aromatic N) is 3. The number of anilines is 2. The minimum Gasteiger partial charge on any atom is -0.368 e. The van der Waals surface area contributed by atoms with Crippen LogP contribution in [0.15, 0.2) is 30.6 Å². The highest BCUT2D eigenvalue weighted by Gasteiger charge is 2.14. The zero-order chi connectivity index (χ0) is 17.6. The number of carbonyl (C=O) groups excluding carboxylic acids is 1. The molecule has 1 aromatic heterocycles. The van der Waals surface area contributed by atoms with E-state index >= 15 is 0 Å². The van der Waals surface area contributed by atoms with Crippen LogP contribution in [-0.4, -0.2) is 42.1 Å². The number of benzene rings is 1. The fourth-order valence-electron chi connectivity index (χ4n) is 3.14. The molecule has 1 aliphatic rings. The first-order valence-electron chi connectivity index (χ1n) is 8.79. The van der Waals surface area contributed by atoms with E-state index < -0.39 is 0 Å². The highest BCUT2D eigenvalue weighted by Crippen LogP contribution is 2.19. The summed E-state index contributed by atoms with van der Waals surface area (Å²) in [4.78, 5) is 23.1. The molecule has 2 aromatic rings. The molecular weight excluding hydrogens is 314 g/mol. The molecule has 1 aromatic carbocycles. The van der Waals surface area contributed by atoms with Crippen molar-refractivity contribution in [3.05, 3.63) is 47.3 Å². The highest BCUT2D eigenvalue weighted by atomic mass is 16.1. The summed E-state index contributed by atoms with van der Waals surface area (Å²) in [7, 11) is 0. The van der Waals surface area contributed by atoms with E-state index in [1.165, 1.54) is 12.8 Å². The van der Waals surface area contributed by atoms with Crippen molar-refractivity contribution in [2.75, 3.05) is 36.4 Å². The van der Waals surface area contributed by atoms with E-state index in [0.717, 1.165) is 35.9 Å². The molecule has 3 rings (SSSR count). The molecule has 0 spiro atoms. The van der Waals surface area contributed by atoms with Crippen molar-refractivity contribution in [1.82, 2.24) is 15.3 Å². The Hall–Kier alpha value is -2.63. The van der Waals surface area contributed by atoms with Gasteiger partial charge < -0.3 is 15.5 Å². The lowest BCUT2D eigenvalue weighted by Crippen LogP contribution is -2.29. The first-order chi connectivity index (χ1) is 12.1. The molecule has 0 radical (unpaired) electrons. The Morgan fingerprint density at radius 1 is 1.04 bits per heavy atom. The Morgan fingerprint density at radius 2 is 1.76 bits per heavy atom. The Kier molecular flexibility index (Phi) is 5.48. The summed E-state index contributed by atoms with van der Waals surface area (Å²) in [5, 5.41) is 6.18. The average molecular weight is 339 g/mol. The van der Waals surface area contributed by atoms with Crippen molar-refractivity contribution in [3.63, 3.8) is 0 Å². The number of aromatic nitrogens is 2. The summed E-state index contributed by atoms with van der Waals surface area (Å²) in [5.41, 5.74) is 2.90. The zero-order valence-electron chi connectivity index (χ0n) is 14.9. The third-order valence-corrected chi connectivity index (χ3v) is 4.28. The second kappa shape index (κ2) is 7.96. The van der Waals surface area contributed by atoms with Gasteiger partial charge in [0.25, 0.3) is 5.91 Å². The van der Waals surface area contributed by atoms with Crippen molar-refractivity contribution >= 4 is 17.5 Å². The molecule has 1 aliphatic heterocycles. The smallest absolute Gasteiger partial charge is 0.251 e. The second-order valence-electron chi connectivity index (χ2n) is 6.51. The van der Waals surface area contributed by atoms with Gasteiger partial charge in [-0.25, -0.2) is 9.97 Å². The largest absolute Gasteiger partial charge is 0.368 e. The van der Waals surface area contributed by atoms with Crippen LogP contribution < -0.4 is 15.5 Å². The summed E-state index contributed by atoms with van der Waals surface area (Å²) in [5.74, 6) is 1.71. The summed E-state index contributed by atoms with van der Waals surface area (Å²) in [6, 6.07) is 7.84. The molecule has 0 saturated carbocycles. The van der Waals surface area contributed by atoms with Gasteiger partial charge in [-0.3, -0.25) is 4.79 Å². The summed E-state index contributed by atoms with van der Waals surface area (Å²) in [6.45, 7) is 7.27. The molecule has 132 valence electrons. The van der Waals surface area contributed by atoms with Gasteiger partial charge in [0, 0.05) is 37.8 Å². The van der Waals surface area contributed by atoms with Gasteiger partial charge in [-0.05, 0) is 38.8 Å². The maximum Gasteiger partial charge on any atom is 0.251 e. The lowest BCUT2D eigenvalue weighted by atomic mass is 10.1. The third-order valence-electron chi connectivity index (χ3n) is 4.28. The first kappa shape index (κ1) is 17.2. The van der Waals surface area contributed by atoms with Gasteiger partial charge in [0.1, 0.15) is 18.0 Å². The van der Waals surface area contributed by atoms with E-state index in [1.54, 1.807) is 6.33 Å². The SMILES string of the molecule is Cc1cc(C)cc(C(=O)NCCNc2cc(N3CCCC3)ncn2)c1. The van der Waals surface area contributed by atoms with Crippen molar-refractivity contribution in [2.45, 2.75) is 26.7 Å². The Balaban J connectivity index is 1.48. The molecule has 1 amide bonds. The summed E-state index contributed by atoms with van der Waals surface area (Å²) < 4.78 is 0. The van der Waals surface area contributed by atoms with Crippen LogP contribution in [0.1, 0.15) is 34.3 Å². The molecule has 6 nitrogen and oxygen atoms in total. The van der Waals surface area contributed by atoms with Gasteiger partial charge in [0.05, 0.1) is 0 Å². The second-order valence-corrected chi connectivity index (χ2v) is 6.51. The molecule has 1 saturated heterocycles. The van der Waals surface area contributed by atoms with Crippen LogP contribution in [0, 0.1) is 13.8 Å². The average Bonchev–Trinajstić information content (AvgIpc) is 3.12. The number of hydrogen-bond donors (Lipinski definition) is 2. The fraction of sp³-hybridized carbons (Fsp3) is 0.421. The molecule has 1 fully saturated rings. The van der Waals surface area contributed by atoms with E-state index in [2.05, 4.69) is 31.6 Å². The minimum atomic E-state index is -0.0472. The topological polar surface area (TPSA) is 70.2 Å². The molecule has 0 bridgehead atoms. The van der Waals surface area contributed by atoms with Gasteiger partial charge in [-0.15, -0.1) is 0 Å². The maximum absolute atomic E-state index is 12.2. The summed E-state index contributed by atoms with van der Waals surface area (Å²) in [6.07, 6.45) is 4.03. The highest BCUT2D eigenvalue weighted by molar-refractivity contribution is 5.94. The van der Waals surface area contributed by atoms with Crippen LogP contribution >= 0.6 is 0 Å². The monoisotopic (exact) mass is 339 g/mol. The quantitative estimate of drug-likeness (QED) is 0.792. The predicted octanol–water partition coefficient (Wildman–Crippen LogP) is 2.54. The van der Waals surface area contributed by atoms with Gasteiger partial charge in [-0.1, -0.05) is 17.2 Å². The molecular formula is C19H25N5O. The lowest BCUT2D eigenvalue weighted by molar-refractivity contribution is 0.0955. The van der Waals surface area contributed by atoms with Crippen molar-refractivity contribution in [2.24, 2.45) is 0 Å². The van der Waals surface area contributed by atoms with Crippen LogP contribution in [0.4, 0.5) is 11.6 Å². The standard InChI is InChI=1S/C19H25N5O/c1-14-9-15(2)11-16(10-14)19(25)21-6-5-20-17-12-18(23-13-22-17)24-7-3-4-8-24/h9-13H,3-8H2,1-2H3,(H,21,25)(H,20,22,23). The number of carbonyl (C=O) groups is 1. The van der Waals surface area contributed by atoms with Crippen molar-refractivity contribution in [3.8, 4) is 0 Å². The number of rotatable bonds is 6. The molecule has 25 heavy (non-hydrogen) atoms. The molecule has 0 aliphatic carbocycles. The number of nitrogens with one attached hydrogen (secondary N) is 2. The third kappa shape index (κ3) is 4.68. The fourth-order valence-corrected chi connectivity index (χ4v) is 3.14. The molecule has 2 heterocycles. The Morgan fingerprint density at radius 3 is 2.48 bits per heavy atom. The first-order valence-corrected chi connectivity index (χ1v) is 8.79. The number of amides is 1. The van der Waals surface area contributed by atoms with Crippen LogP contribution in [0.5, 0.6) is 0 Å². The van der Waals surface area contributed by atoms with Gasteiger partial charge in [0.15, 0.2) is 0 Å². The van der Waals surface area contributed by atoms with Crippen LogP contribution in [0.25, 0.3) is 0 Å². The van der Waals surface area contributed by atoms with E-state index in [9.17, 15) is 4.79 Å². The van der Waals surface area contributed by atoms with E-state index in [-0.39, 0.29) is 5.91 Å². The van der Waals surface area contributed by atoms with E-state index in [1.807, 2.05) is 32.0 Å². The molecule has 6 heteroatoms. The normalized spacial score (nSPS) is 13.8. The Bertz CT molecular complexity index is 720. The summed E-state index contributed by atoms with van der Waals surface area (Å²) >= 11 is 0.